The molecule has 0 aromatic carbocycles. The number of allylic oxidation sites excluding steroid dienone is 1. The molecule has 0 aliphatic heterocycles. The number of fused-ring (bicyclic) bond motifs is 3. The molecule has 1 amide bonds. The third kappa shape index (κ3) is 2.86. The van der Waals surface area contributed by atoms with E-state index >= 15 is 0 Å². The third-order valence-electron chi connectivity index (χ3n) is 4.13. The summed E-state index contributed by atoms with van der Waals surface area (Å²) in [6.07, 6.45) is 1.99. The van der Waals surface area contributed by atoms with Gasteiger partial charge in [-0.15, -0.1) is 0 Å². The maximum absolute atomic E-state index is 13.7. The summed E-state index contributed by atoms with van der Waals surface area (Å²) in [5, 5.41) is 3.63. The van der Waals surface area contributed by atoms with Crippen LogP contribution in [0.4, 0.5) is 4.39 Å². The molecule has 12 heteroatoms. The van der Waals surface area contributed by atoms with Crippen LogP contribution in [0.2, 0.25) is 0 Å². The second kappa shape index (κ2) is 6.14. The van der Waals surface area contributed by atoms with Gasteiger partial charge in [0, 0.05) is 18.3 Å². The Hall–Kier alpha value is -2.24. The maximum atomic E-state index is 13.7. The molecule has 0 saturated heterocycles. The second-order valence-electron chi connectivity index (χ2n) is 5.96. The lowest BCUT2D eigenvalue weighted by molar-refractivity contribution is 0.0977. The lowest BCUT2D eigenvalue weighted by Gasteiger charge is -2.10. The van der Waals surface area contributed by atoms with Gasteiger partial charge in [0.15, 0.2) is 15.6 Å². The molecule has 0 fully saturated rings. The van der Waals surface area contributed by atoms with Crippen molar-refractivity contribution in [3.8, 4) is 0 Å². The quantitative estimate of drug-likeness (QED) is 0.684. The number of hydrogen-bond donors (Lipinski definition) is 1. The Kier molecular flexibility index (Phi) is 4.13. The van der Waals surface area contributed by atoms with E-state index in [1.54, 1.807) is 4.40 Å². The van der Waals surface area contributed by atoms with Gasteiger partial charge in [0.2, 0.25) is 0 Å². The van der Waals surface area contributed by atoms with Crippen LogP contribution >= 0.6 is 22.9 Å². The van der Waals surface area contributed by atoms with E-state index < -0.39 is 15.9 Å². The van der Waals surface area contributed by atoms with E-state index in [2.05, 4.69) is 10.1 Å². The summed E-state index contributed by atoms with van der Waals surface area (Å²) in [5.41, 5.74) is 0.809. The molecule has 0 saturated carbocycles. The highest BCUT2D eigenvalue weighted by Gasteiger charge is 2.29. The van der Waals surface area contributed by atoms with Crippen LogP contribution in [-0.4, -0.2) is 28.9 Å². The van der Waals surface area contributed by atoms with Crippen LogP contribution in [0.1, 0.15) is 38.9 Å². The van der Waals surface area contributed by atoms with E-state index in [1.807, 2.05) is 4.72 Å². The fourth-order valence-corrected chi connectivity index (χ4v) is 5.67. The number of aromatic nitrogens is 3. The fourth-order valence-electron chi connectivity index (χ4n) is 2.95. The Morgan fingerprint density at radius 2 is 2.15 bits per heavy atom. The minimum atomic E-state index is -4.16. The molecule has 142 valence electrons. The second-order valence-corrected chi connectivity index (χ2v) is 8.94. The standard InChI is InChI=1S/C15H12ClFN4O4S2/c1-6-13(7(2)25-19-6)27(23,24)20-14(22)9-5-21-10-4-3-8(17)11(16)12(10)26-15(21)18-9/h5H,3-4H2,1-2H3,(H,20,22). The van der Waals surface area contributed by atoms with Gasteiger partial charge in [-0.25, -0.2) is 22.5 Å². The van der Waals surface area contributed by atoms with Crippen molar-refractivity contribution in [2.45, 2.75) is 31.6 Å². The Balaban J connectivity index is 1.68. The average Bonchev–Trinajstić information content (AvgIpc) is 3.23. The molecule has 0 radical (unpaired) electrons. The van der Waals surface area contributed by atoms with E-state index in [0.29, 0.717) is 16.3 Å². The first-order valence-corrected chi connectivity index (χ1v) is 10.4. The van der Waals surface area contributed by atoms with Crippen molar-refractivity contribution < 1.29 is 22.1 Å². The van der Waals surface area contributed by atoms with Crippen LogP contribution in [-0.2, 0) is 16.4 Å². The number of nitrogens with one attached hydrogen (secondary N) is 1. The van der Waals surface area contributed by atoms with Gasteiger partial charge in [-0.05, 0) is 20.3 Å². The third-order valence-corrected chi connectivity index (χ3v) is 7.33. The fraction of sp³-hybridized carbons (Fsp3) is 0.267. The summed E-state index contributed by atoms with van der Waals surface area (Å²) in [4.78, 5) is 17.4. The molecule has 1 aliphatic rings. The van der Waals surface area contributed by atoms with Crippen LogP contribution in [0.3, 0.4) is 0 Å². The average molecular weight is 431 g/mol. The number of rotatable bonds is 3. The van der Waals surface area contributed by atoms with E-state index in [9.17, 15) is 17.6 Å². The Morgan fingerprint density at radius 3 is 2.81 bits per heavy atom. The first-order valence-electron chi connectivity index (χ1n) is 7.74. The van der Waals surface area contributed by atoms with E-state index in [-0.39, 0.29) is 39.3 Å². The summed E-state index contributed by atoms with van der Waals surface area (Å²) in [7, 11) is -4.16. The van der Waals surface area contributed by atoms with Gasteiger partial charge >= 0.3 is 0 Å². The summed E-state index contributed by atoms with van der Waals surface area (Å²) in [6.45, 7) is 2.90. The number of thiazole rings is 1. The van der Waals surface area contributed by atoms with Crippen molar-refractivity contribution >= 4 is 48.9 Å². The first-order chi connectivity index (χ1) is 12.7. The minimum absolute atomic E-state index is 0.0544. The van der Waals surface area contributed by atoms with Crippen molar-refractivity contribution in [3.05, 3.63) is 39.7 Å². The molecular formula is C15H12ClFN4O4S2. The zero-order chi connectivity index (χ0) is 19.5. The smallest absolute Gasteiger partial charge is 0.285 e. The lowest BCUT2D eigenvalue weighted by atomic mass is 10.1. The number of carbonyl (C=O) groups is 1. The number of sulfonamides is 1. The Bertz CT molecular complexity index is 1220. The van der Waals surface area contributed by atoms with Crippen LogP contribution in [0.25, 0.3) is 9.99 Å². The number of aryl methyl sites for hydroxylation is 3. The molecule has 27 heavy (non-hydrogen) atoms. The molecule has 3 heterocycles. The summed E-state index contributed by atoms with van der Waals surface area (Å²) in [6, 6.07) is 0. The predicted octanol–water partition coefficient (Wildman–Crippen LogP) is 2.94. The normalized spacial score (nSPS) is 14.7. The molecule has 3 aromatic heterocycles. The van der Waals surface area contributed by atoms with Crippen molar-refractivity contribution in [2.75, 3.05) is 0 Å². The number of amides is 1. The molecule has 0 spiro atoms. The molecule has 8 nitrogen and oxygen atoms in total. The monoisotopic (exact) mass is 430 g/mol. The molecule has 0 unspecified atom stereocenters. The van der Waals surface area contributed by atoms with Gasteiger partial charge in [-0.3, -0.25) is 9.20 Å². The van der Waals surface area contributed by atoms with Gasteiger partial charge in [0.05, 0.1) is 9.91 Å². The van der Waals surface area contributed by atoms with Gasteiger partial charge in [-0.2, -0.15) is 0 Å². The largest absolute Gasteiger partial charge is 0.360 e. The van der Waals surface area contributed by atoms with E-state index in [4.69, 9.17) is 16.1 Å². The SMILES string of the molecule is Cc1noc(C)c1S(=O)(=O)NC(=O)c1cn2c3c(sc2n1)C(Cl)=C(F)CC3. The van der Waals surface area contributed by atoms with E-state index in [0.717, 1.165) is 17.0 Å². The summed E-state index contributed by atoms with van der Waals surface area (Å²) >= 11 is 7.14. The number of carbonyl (C=O) groups excluding carboxylic acids is 1. The molecule has 1 aliphatic carbocycles. The molecule has 3 aromatic rings. The van der Waals surface area contributed by atoms with Crippen LogP contribution in [0, 0.1) is 13.8 Å². The van der Waals surface area contributed by atoms with Crippen LogP contribution in [0.15, 0.2) is 21.4 Å². The topological polar surface area (TPSA) is 107 Å². The highest BCUT2D eigenvalue weighted by Crippen LogP contribution is 2.39. The van der Waals surface area contributed by atoms with E-state index in [1.165, 1.54) is 20.0 Å². The van der Waals surface area contributed by atoms with Gasteiger partial charge in [0.1, 0.15) is 17.2 Å². The van der Waals surface area contributed by atoms with Crippen molar-refractivity contribution in [3.63, 3.8) is 0 Å². The number of imidazole rings is 1. The maximum Gasteiger partial charge on any atom is 0.285 e. The predicted molar refractivity (Wildman–Crippen MR) is 95.9 cm³/mol. The van der Waals surface area contributed by atoms with Gasteiger partial charge < -0.3 is 4.52 Å². The van der Waals surface area contributed by atoms with Gasteiger partial charge in [-0.1, -0.05) is 28.1 Å². The zero-order valence-corrected chi connectivity index (χ0v) is 16.4. The highest BCUT2D eigenvalue weighted by atomic mass is 35.5. The zero-order valence-electron chi connectivity index (χ0n) is 14.0. The Labute approximate surface area is 161 Å². The molecule has 1 N–H and O–H groups in total. The molecule has 0 atom stereocenters. The molecule has 0 bridgehead atoms. The van der Waals surface area contributed by atoms with Crippen LogP contribution < -0.4 is 4.72 Å². The number of halogens is 2. The lowest BCUT2D eigenvalue weighted by Crippen LogP contribution is -2.31. The van der Waals surface area contributed by atoms with Gasteiger partial charge in [0.25, 0.3) is 15.9 Å². The molecule has 4 rings (SSSR count). The number of hydrogen-bond acceptors (Lipinski definition) is 7. The van der Waals surface area contributed by atoms with Crippen molar-refractivity contribution in [1.29, 1.82) is 0 Å². The van der Waals surface area contributed by atoms with Crippen molar-refractivity contribution in [2.24, 2.45) is 0 Å². The molecular weight excluding hydrogens is 419 g/mol. The summed E-state index contributed by atoms with van der Waals surface area (Å²) < 4.78 is 47.0. The summed E-state index contributed by atoms with van der Waals surface area (Å²) in [5.74, 6) is -1.18. The highest BCUT2D eigenvalue weighted by molar-refractivity contribution is 7.90. The van der Waals surface area contributed by atoms with Crippen molar-refractivity contribution in [1.82, 2.24) is 19.3 Å². The van der Waals surface area contributed by atoms with Crippen LogP contribution in [0.5, 0.6) is 0 Å². The minimum Gasteiger partial charge on any atom is -0.360 e. The number of nitrogens with zero attached hydrogens (tertiary/aromatic N) is 3. The Morgan fingerprint density at radius 1 is 1.41 bits per heavy atom. The first kappa shape index (κ1) is 18.1.